The van der Waals surface area contributed by atoms with Crippen LogP contribution in [-0.4, -0.2) is 37.6 Å². The summed E-state index contributed by atoms with van der Waals surface area (Å²) in [4.78, 5) is 5.10. The van der Waals surface area contributed by atoms with Crippen LogP contribution in [0.2, 0.25) is 0 Å². The molecular formula is C15H24N2. The highest BCUT2D eigenvalue weighted by Gasteiger charge is 2.16. The third-order valence-corrected chi connectivity index (χ3v) is 3.57. The largest absolute Gasteiger partial charge is 0.369 e. The molecule has 2 nitrogen and oxygen atoms in total. The first-order chi connectivity index (χ1) is 8.29. The summed E-state index contributed by atoms with van der Waals surface area (Å²) in [5.41, 5.74) is 2.75. The van der Waals surface area contributed by atoms with Crippen LogP contribution < -0.4 is 4.90 Å². The van der Waals surface area contributed by atoms with Gasteiger partial charge in [-0.1, -0.05) is 25.5 Å². The van der Waals surface area contributed by atoms with Gasteiger partial charge < -0.3 is 4.90 Å². The van der Waals surface area contributed by atoms with E-state index < -0.39 is 0 Å². The molecule has 0 bridgehead atoms. The second-order valence-corrected chi connectivity index (χ2v) is 5.02. The number of anilines is 1. The molecule has 0 atom stereocenters. The van der Waals surface area contributed by atoms with Gasteiger partial charge in [-0.2, -0.15) is 0 Å². The van der Waals surface area contributed by atoms with Gasteiger partial charge in [-0.3, -0.25) is 4.90 Å². The highest BCUT2D eigenvalue weighted by atomic mass is 15.3. The molecule has 0 unspecified atom stereocenters. The Balaban J connectivity index is 1.86. The van der Waals surface area contributed by atoms with Crippen molar-refractivity contribution in [2.45, 2.75) is 26.7 Å². The summed E-state index contributed by atoms with van der Waals surface area (Å²) in [5, 5.41) is 0. The summed E-state index contributed by atoms with van der Waals surface area (Å²) in [6.07, 6.45) is 2.64. The maximum atomic E-state index is 2.59. The number of hydrogen-bond acceptors (Lipinski definition) is 2. The highest BCUT2D eigenvalue weighted by Crippen LogP contribution is 2.17. The Morgan fingerprint density at radius 2 is 1.88 bits per heavy atom. The fraction of sp³-hybridized carbons (Fsp3) is 0.600. The molecular weight excluding hydrogens is 208 g/mol. The van der Waals surface area contributed by atoms with E-state index in [0.717, 1.165) is 0 Å². The highest BCUT2D eigenvalue weighted by molar-refractivity contribution is 5.48. The van der Waals surface area contributed by atoms with Gasteiger partial charge in [0.25, 0.3) is 0 Å². The smallest absolute Gasteiger partial charge is 0.0369 e. The minimum Gasteiger partial charge on any atom is -0.369 e. The van der Waals surface area contributed by atoms with E-state index in [4.69, 9.17) is 0 Å². The molecule has 1 aromatic carbocycles. The van der Waals surface area contributed by atoms with Crippen molar-refractivity contribution in [1.29, 1.82) is 0 Å². The molecule has 1 heterocycles. The summed E-state index contributed by atoms with van der Waals surface area (Å²) >= 11 is 0. The minimum atomic E-state index is 1.17. The van der Waals surface area contributed by atoms with Crippen molar-refractivity contribution in [3.8, 4) is 0 Å². The van der Waals surface area contributed by atoms with Gasteiger partial charge in [0, 0.05) is 31.9 Å². The normalized spacial score (nSPS) is 17.4. The number of rotatable bonds is 4. The number of benzene rings is 1. The lowest BCUT2D eigenvalue weighted by Crippen LogP contribution is -2.46. The van der Waals surface area contributed by atoms with Crippen molar-refractivity contribution in [3.05, 3.63) is 29.8 Å². The molecule has 1 fully saturated rings. The molecule has 1 aliphatic rings. The van der Waals surface area contributed by atoms with Gasteiger partial charge >= 0.3 is 0 Å². The maximum absolute atomic E-state index is 2.59. The fourth-order valence-electron chi connectivity index (χ4n) is 2.44. The lowest BCUT2D eigenvalue weighted by molar-refractivity contribution is 0.254. The SMILES string of the molecule is CCCCN1CCN(c2cccc(C)c2)CC1. The summed E-state index contributed by atoms with van der Waals surface area (Å²) in [7, 11) is 0. The molecule has 1 aliphatic heterocycles. The first-order valence-electron chi connectivity index (χ1n) is 6.83. The molecule has 0 N–H and O–H groups in total. The average molecular weight is 232 g/mol. The molecule has 0 aromatic heterocycles. The van der Waals surface area contributed by atoms with E-state index in [1.807, 2.05) is 0 Å². The number of piperazine rings is 1. The minimum absolute atomic E-state index is 1.17. The standard InChI is InChI=1S/C15H24N2/c1-3-4-8-16-9-11-17(12-10-16)15-7-5-6-14(2)13-15/h5-7,13H,3-4,8-12H2,1-2H3. The summed E-state index contributed by atoms with van der Waals surface area (Å²) in [6, 6.07) is 8.85. The zero-order chi connectivity index (χ0) is 12.1. The second kappa shape index (κ2) is 6.06. The van der Waals surface area contributed by atoms with E-state index in [0.29, 0.717) is 0 Å². The van der Waals surface area contributed by atoms with Crippen LogP contribution in [0.4, 0.5) is 5.69 Å². The molecule has 94 valence electrons. The number of unbranched alkanes of at least 4 members (excludes halogenated alkanes) is 1. The predicted molar refractivity (Wildman–Crippen MR) is 74.7 cm³/mol. The lowest BCUT2D eigenvalue weighted by atomic mass is 10.2. The van der Waals surface area contributed by atoms with E-state index in [-0.39, 0.29) is 0 Å². The quantitative estimate of drug-likeness (QED) is 0.787. The Morgan fingerprint density at radius 1 is 1.12 bits per heavy atom. The third kappa shape index (κ3) is 3.47. The first-order valence-corrected chi connectivity index (χ1v) is 6.83. The lowest BCUT2D eigenvalue weighted by Gasteiger charge is -2.36. The fourth-order valence-corrected chi connectivity index (χ4v) is 2.44. The molecule has 2 heteroatoms. The molecule has 0 aliphatic carbocycles. The Bertz CT molecular complexity index is 341. The molecule has 0 saturated carbocycles. The third-order valence-electron chi connectivity index (χ3n) is 3.57. The van der Waals surface area contributed by atoms with E-state index >= 15 is 0 Å². The van der Waals surface area contributed by atoms with E-state index in [1.54, 1.807) is 0 Å². The molecule has 0 spiro atoms. The zero-order valence-corrected chi connectivity index (χ0v) is 11.2. The molecule has 1 saturated heterocycles. The second-order valence-electron chi connectivity index (χ2n) is 5.02. The van der Waals surface area contributed by atoms with Crippen LogP contribution in [0.15, 0.2) is 24.3 Å². The van der Waals surface area contributed by atoms with Crippen LogP contribution in [0.1, 0.15) is 25.3 Å². The maximum Gasteiger partial charge on any atom is 0.0369 e. The average Bonchev–Trinajstić information content (AvgIpc) is 2.37. The monoisotopic (exact) mass is 232 g/mol. The molecule has 1 aromatic rings. The van der Waals surface area contributed by atoms with Gasteiger partial charge in [0.1, 0.15) is 0 Å². The molecule has 2 rings (SSSR count). The van der Waals surface area contributed by atoms with Gasteiger partial charge in [-0.25, -0.2) is 0 Å². The van der Waals surface area contributed by atoms with Gasteiger partial charge in [-0.15, -0.1) is 0 Å². The number of aryl methyl sites for hydroxylation is 1. The predicted octanol–water partition coefficient (Wildman–Crippen LogP) is 2.92. The van der Waals surface area contributed by atoms with Crippen molar-refractivity contribution in [1.82, 2.24) is 4.90 Å². The van der Waals surface area contributed by atoms with Crippen LogP contribution in [0.25, 0.3) is 0 Å². The van der Waals surface area contributed by atoms with Crippen LogP contribution >= 0.6 is 0 Å². The summed E-state index contributed by atoms with van der Waals surface area (Å²) in [5.74, 6) is 0. The Kier molecular flexibility index (Phi) is 4.43. The van der Waals surface area contributed by atoms with E-state index in [2.05, 4.69) is 47.9 Å². The van der Waals surface area contributed by atoms with E-state index in [9.17, 15) is 0 Å². The van der Waals surface area contributed by atoms with Crippen LogP contribution in [0, 0.1) is 6.92 Å². The Morgan fingerprint density at radius 3 is 2.53 bits per heavy atom. The van der Waals surface area contributed by atoms with Crippen molar-refractivity contribution >= 4 is 5.69 Å². The molecule has 17 heavy (non-hydrogen) atoms. The van der Waals surface area contributed by atoms with Crippen molar-refractivity contribution in [2.75, 3.05) is 37.6 Å². The van der Waals surface area contributed by atoms with Crippen molar-refractivity contribution in [2.24, 2.45) is 0 Å². The first kappa shape index (κ1) is 12.4. The van der Waals surface area contributed by atoms with Crippen molar-refractivity contribution < 1.29 is 0 Å². The Hall–Kier alpha value is -1.02. The number of nitrogens with zero attached hydrogens (tertiary/aromatic N) is 2. The number of hydrogen-bond donors (Lipinski definition) is 0. The van der Waals surface area contributed by atoms with Crippen LogP contribution in [0.5, 0.6) is 0 Å². The van der Waals surface area contributed by atoms with Gasteiger partial charge in [0.15, 0.2) is 0 Å². The van der Waals surface area contributed by atoms with Gasteiger partial charge in [0.05, 0.1) is 0 Å². The van der Waals surface area contributed by atoms with Gasteiger partial charge in [-0.05, 0) is 37.6 Å². The molecule has 0 radical (unpaired) electrons. The Labute approximate surface area is 105 Å². The summed E-state index contributed by atoms with van der Waals surface area (Å²) in [6.45, 7) is 10.5. The van der Waals surface area contributed by atoms with Crippen LogP contribution in [-0.2, 0) is 0 Å². The van der Waals surface area contributed by atoms with Crippen molar-refractivity contribution in [3.63, 3.8) is 0 Å². The summed E-state index contributed by atoms with van der Waals surface area (Å²) < 4.78 is 0. The zero-order valence-electron chi connectivity index (χ0n) is 11.2. The topological polar surface area (TPSA) is 6.48 Å². The van der Waals surface area contributed by atoms with E-state index in [1.165, 1.54) is 56.8 Å². The molecule has 0 amide bonds. The van der Waals surface area contributed by atoms with Crippen LogP contribution in [0.3, 0.4) is 0 Å². The van der Waals surface area contributed by atoms with Gasteiger partial charge in [0.2, 0.25) is 0 Å².